The number of hydrogen-bond acceptors (Lipinski definition) is 4. The van der Waals surface area contributed by atoms with Crippen LogP contribution in [0.3, 0.4) is 0 Å². The van der Waals surface area contributed by atoms with E-state index in [1.807, 2.05) is 37.5 Å². The van der Waals surface area contributed by atoms with Crippen LogP contribution in [0, 0.1) is 0 Å². The molecular weight excluding hydrogens is 348 g/mol. The first-order valence-corrected chi connectivity index (χ1v) is 8.41. The molecule has 2 rings (SSSR count). The van der Waals surface area contributed by atoms with Crippen molar-refractivity contribution in [2.45, 2.75) is 23.2 Å². The maximum atomic E-state index is 5.21. The van der Waals surface area contributed by atoms with Crippen LogP contribution in [0.2, 0.25) is 0 Å². The smallest absolute Gasteiger partial charge is 0.118 e. The predicted molar refractivity (Wildman–Crippen MR) is 92.1 cm³/mol. The second-order valence-electron chi connectivity index (χ2n) is 4.65. The summed E-state index contributed by atoms with van der Waals surface area (Å²) in [4.78, 5) is 4.42. The summed E-state index contributed by atoms with van der Waals surface area (Å²) in [5.74, 6) is 0.876. The van der Waals surface area contributed by atoms with Gasteiger partial charge < -0.3 is 10.1 Å². The van der Waals surface area contributed by atoms with Gasteiger partial charge in [-0.25, -0.2) is 4.98 Å². The molecule has 21 heavy (non-hydrogen) atoms. The summed E-state index contributed by atoms with van der Waals surface area (Å²) in [6.45, 7) is 2.21. The van der Waals surface area contributed by atoms with Crippen molar-refractivity contribution in [3.05, 3.63) is 52.6 Å². The van der Waals surface area contributed by atoms with E-state index in [-0.39, 0.29) is 6.04 Å². The Balaban J connectivity index is 2.14. The van der Waals surface area contributed by atoms with Gasteiger partial charge in [0.2, 0.25) is 0 Å². The summed E-state index contributed by atoms with van der Waals surface area (Å²) in [7, 11) is 3.67. The third-order valence-electron chi connectivity index (χ3n) is 3.28. The highest BCUT2D eigenvalue weighted by Gasteiger charge is 2.20. The molecule has 5 heteroatoms. The Bertz CT molecular complexity index is 577. The molecule has 1 aromatic carbocycles. The molecule has 0 saturated heterocycles. The van der Waals surface area contributed by atoms with Crippen LogP contribution in [-0.2, 0) is 0 Å². The van der Waals surface area contributed by atoms with Crippen molar-refractivity contribution in [2.24, 2.45) is 0 Å². The molecule has 0 fully saturated rings. The van der Waals surface area contributed by atoms with Crippen molar-refractivity contribution in [3.63, 3.8) is 0 Å². The Hall–Kier alpha value is -1.04. The molecule has 2 aromatic rings. The maximum absolute atomic E-state index is 5.21. The van der Waals surface area contributed by atoms with Gasteiger partial charge in [-0.1, -0.05) is 19.1 Å². The standard InChI is InChI=1S/C16H19BrN2OS/c1-11(21-16-14(17)5-4-10-19-16)15(18-2)12-6-8-13(20-3)9-7-12/h4-11,15,18H,1-3H3. The molecule has 0 radical (unpaired) electrons. The average Bonchev–Trinajstić information content (AvgIpc) is 2.51. The molecule has 0 aliphatic carbocycles. The topological polar surface area (TPSA) is 34.1 Å². The molecule has 2 atom stereocenters. The van der Waals surface area contributed by atoms with Gasteiger partial charge in [-0.15, -0.1) is 11.8 Å². The first kappa shape index (κ1) is 16.3. The Kier molecular flexibility index (Phi) is 6.08. The maximum Gasteiger partial charge on any atom is 0.118 e. The van der Waals surface area contributed by atoms with Crippen LogP contribution in [0.1, 0.15) is 18.5 Å². The third kappa shape index (κ3) is 4.22. The van der Waals surface area contributed by atoms with Crippen LogP contribution < -0.4 is 10.1 Å². The van der Waals surface area contributed by atoms with Crippen molar-refractivity contribution < 1.29 is 4.74 Å². The molecule has 3 nitrogen and oxygen atoms in total. The van der Waals surface area contributed by atoms with Gasteiger partial charge in [0.25, 0.3) is 0 Å². The lowest BCUT2D eigenvalue weighted by molar-refractivity contribution is 0.414. The van der Waals surface area contributed by atoms with Crippen molar-refractivity contribution >= 4 is 27.7 Å². The summed E-state index contributed by atoms with van der Waals surface area (Å²) in [6, 6.07) is 12.4. The largest absolute Gasteiger partial charge is 0.497 e. The van der Waals surface area contributed by atoms with E-state index in [1.54, 1.807) is 18.9 Å². The van der Waals surface area contributed by atoms with E-state index in [4.69, 9.17) is 4.74 Å². The first-order chi connectivity index (χ1) is 10.2. The minimum atomic E-state index is 0.245. The number of nitrogens with zero attached hydrogens (tertiary/aromatic N) is 1. The Labute approximate surface area is 138 Å². The Morgan fingerprint density at radius 2 is 1.95 bits per heavy atom. The van der Waals surface area contributed by atoms with Crippen molar-refractivity contribution in [1.82, 2.24) is 10.3 Å². The zero-order chi connectivity index (χ0) is 15.2. The SMILES string of the molecule is CNC(c1ccc(OC)cc1)C(C)Sc1ncccc1Br. The van der Waals surface area contributed by atoms with Crippen molar-refractivity contribution in [3.8, 4) is 5.75 Å². The van der Waals surface area contributed by atoms with E-state index in [1.165, 1.54) is 5.56 Å². The van der Waals surface area contributed by atoms with Crippen LogP contribution in [0.4, 0.5) is 0 Å². The van der Waals surface area contributed by atoms with Gasteiger partial charge >= 0.3 is 0 Å². The molecule has 2 unspecified atom stereocenters. The summed E-state index contributed by atoms with van der Waals surface area (Å²) in [5, 5.41) is 4.75. The van der Waals surface area contributed by atoms with E-state index in [0.717, 1.165) is 15.2 Å². The number of thioether (sulfide) groups is 1. The summed E-state index contributed by atoms with van der Waals surface area (Å²) in [6.07, 6.45) is 1.82. The molecule has 0 spiro atoms. The number of hydrogen-bond donors (Lipinski definition) is 1. The zero-order valence-corrected chi connectivity index (χ0v) is 14.7. The number of halogens is 1. The third-order valence-corrected chi connectivity index (χ3v) is 5.37. The van der Waals surface area contributed by atoms with Crippen LogP contribution in [0.15, 0.2) is 52.1 Å². The molecule has 0 saturated carbocycles. The molecule has 112 valence electrons. The van der Waals surface area contributed by atoms with Crippen molar-refractivity contribution in [1.29, 1.82) is 0 Å². The van der Waals surface area contributed by atoms with Gasteiger partial charge in [0.15, 0.2) is 0 Å². The number of nitrogens with one attached hydrogen (secondary N) is 1. The lowest BCUT2D eigenvalue weighted by atomic mass is 10.0. The van der Waals surface area contributed by atoms with Gasteiger partial charge in [-0.3, -0.25) is 0 Å². The number of ether oxygens (including phenoxy) is 1. The van der Waals surface area contributed by atoms with Gasteiger partial charge in [0.05, 0.1) is 7.11 Å². The fourth-order valence-corrected chi connectivity index (χ4v) is 3.80. The predicted octanol–water partition coefficient (Wildman–Crippen LogP) is 4.29. The van der Waals surface area contributed by atoms with Crippen LogP contribution in [-0.4, -0.2) is 24.4 Å². The lowest BCUT2D eigenvalue weighted by Crippen LogP contribution is -2.25. The summed E-state index contributed by atoms with van der Waals surface area (Å²) in [5.41, 5.74) is 1.24. The van der Waals surface area contributed by atoms with E-state index in [0.29, 0.717) is 5.25 Å². The van der Waals surface area contributed by atoms with Crippen LogP contribution >= 0.6 is 27.7 Å². The number of pyridine rings is 1. The van der Waals surface area contributed by atoms with Crippen LogP contribution in [0.25, 0.3) is 0 Å². The van der Waals surface area contributed by atoms with Crippen LogP contribution in [0.5, 0.6) is 5.75 Å². The zero-order valence-electron chi connectivity index (χ0n) is 12.3. The van der Waals surface area contributed by atoms with E-state index in [9.17, 15) is 0 Å². The highest BCUT2D eigenvalue weighted by Crippen LogP contribution is 2.34. The average molecular weight is 367 g/mol. The monoisotopic (exact) mass is 366 g/mol. The molecule has 1 heterocycles. The van der Waals surface area contributed by atoms with Crippen molar-refractivity contribution in [2.75, 3.05) is 14.2 Å². The Morgan fingerprint density at radius 3 is 2.52 bits per heavy atom. The number of aromatic nitrogens is 1. The summed E-state index contributed by atoms with van der Waals surface area (Å²) < 4.78 is 6.25. The summed E-state index contributed by atoms with van der Waals surface area (Å²) >= 11 is 5.31. The molecule has 0 bridgehead atoms. The number of benzene rings is 1. The van der Waals surface area contributed by atoms with E-state index < -0.39 is 0 Å². The van der Waals surface area contributed by atoms with Gasteiger partial charge in [-0.2, -0.15) is 0 Å². The molecule has 0 aliphatic rings. The van der Waals surface area contributed by atoms with Gasteiger partial charge in [0.1, 0.15) is 10.8 Å². The van der Waals surface area contributed by atoms with Gasteiger partial charge in [0, 0.05) is 22.0 Å². The first-order valence-electron chi connectivity index (χ1n) is 6.74. The minimum absolute atomic E-state index is 0.245. The number of rotatable bonds is 6. The molecule has 1 N–H and O–H groups in total. The normalized spacial score (nSPS) is 13.7. The molecule has 0 amide bonds. The highest BCUT2D eigenvalue weighted by molar-refractivity contribution is 9.10. The van der Waals surface area contributed by atoms with E-state index in [2.05, 4.69) is 45.3 Å². The number of methoxy groups -OCH3 is 1. The second-order valence-corrected chi connectivity index (χ2v) is 6.87. The Morgan fingerprint density at radius 1 is 1.24 bits per heavy atom. The molecule has 1 aromatic heterocycles. The fraction of sp³-hybridized carbons (Fsp3) is 0.312. The van der Waals surface area contributed by atoms with E-state index >= 15 is 0 Å². The quantitative estimate of drug-likeness (QED) is 0.773. The fourth-order valence-electron chi connectivity index (χ4n) is 2.19. The minimum Gasteiger partial charge on any atom is -0.497 e. The molecular formula is C16H19BrN2OS. The lowest BCUT2D eigenvalue weighted by Gasteiger charge is -2.23. The second kappa shape index (κ2) is 7.82. The highest BCUT2D eigenvalue weighted by atomic mass is 79.9. The van der Waals surface area contributed by atoms with Gasteiger partial charge in [-0.05, 0) is 52.8 Å². The molecule has 0 aliphatic heterocycles.